The Kier molecular flexibility index (Phi) is 4.77. The van der Waals surface area contributed by atoms with Crippen LogP contribution < -0.4 is 0 Å². The molecule has 0 radical (unpaired) electrons. The molecule has 1 fully saturated rings. The number of aromatic nitrogens is 4. The Morgan fingerprint density at radius 1 is 1.35 bits per heavy atom. The lowest BCUT2D eigenvalue weighted by Crippen LogP contribution is -2.27. The van der Waals surface area contributed by atoms with E-state index in [0.29, 0.717) is 31.5 Å². The van der Waals surface area contributed by atoms with Crippen LogP contribution in [-0.4, -0.2) is 55.2 Å². The number of nitrogens with one attached hydrogen (secondary N) is 2. The lowest BCUT2D eigenvalue weighted by Gasteiger charge is -2.14. The standard InChI is InChI=1S/C23H25N7O/c1-14-5-6-18-17(10-14)21-16(12-26-28-21)11-19-22(25-13-30(18)19)23(24)27-15(2)7-9-29-8-3-4-20(29)31/h5-6,10,12-13,24H,3-4,7-9,11H2,1-2H3,(H,26,28). The minimum absolute atomic E-state index is 0.152. The summed E-state index contributed by atoms with van der Waals surface area (Å²) in [7, 11) is 0. The number of hydrogen-bond donors (Lipinski definition) is 2. The van der Waals surface area contributed by atoms with E-state index in [9.17, 15) is 4.79 Å². The molecule has 1 amide bonds. The van der Waals surface area contributed by atoms with Crippen LogP contribution in [0.15, 0.2) is 35.7 Å². The van der Waals surface area contributed by atoms with Gasteiger partial charge in [0.25, 0.3) is 0 Å². The maximum atomic E-state index is 11.8. The average Bonchev–Trinajstić information content (AvgIpc) is 3.46. The molecule has 2 aliphatic rings. The Morgan fingerprint density at radius 2 is 2.23 bits per heavy atom. The number of rotatable bonds is 4. The van der Waals surface area contributed by atoms with Crippen molar-refractivity contribution in [2.45, 2.75) is 39.5 Å². The van der Waals surface area contributed by atoms with E-state index in [1.165, 1.54) is 5.56 Å². The van der Waals surface area contributed by atoms with E-state index in [1.807, 2.05) is 18.0 Å². The Hall–Kier alpha value is -3.55. The van der Waals surface area contributed by atoms with Crippen LogP contribution in [0, 0.1) is 12.3 Å². The number of amidine groups is 1. The molecule has 0 spiro atoms. The second-order valence-corrected chi connectivity index (χ2v) is 8.31. The predicted molar refractivity (Wildman–Crippen MR) is 119 cm³/mol. The highest BCUT2D eigenvalue weighted by molar-refractivity contribution is 6.04. The molecule has 2 N–H and O–H groups in total. The number of likely N-dealkylation sites (tertiary alicyclic amines) is 1. The highest BCUT2D eigenvalue weighted by Crippen LogP contribution is 2.35. The predicted octanol–water partition coefficient (Wildman–Crippen LogP) is 3.27. The van der Waals surface area contributed by atoms with Crippen LogP contribution in [0.1, 0.15) is 48.7 Å². The number of aryl methyl sites for hydroxylation is 1. The zero-order chi connectivity index (χ0) is 21.5. The number of aromatic amines is 1. The van der Waals surface area contributed by atoms with E-state index >= 15 is 0 Å². The van der Waals surface area contributed by atoms with Gasteiger partial charge >= 0.3 is 0 Å². The molecule has 158 valence electrons. The molecule has 3 aromatic rings. The van der Waals surface area contributed by atoms with Gasteiger partial charge in [0.1, 0.15) is 12.0 Å². The number of H-pyrrole nitrogens is 1. The lowest BCUT2D eigenvalue weighted by atomic mass is 10.0. The number of aliphatic imine (C=N–C) groups is 1. The summed E-state index contributed by atoms with van der Waals surface area (Å²) >= 11 is 0. The van der Waals surface area contributed by atoms with Crippen molar-refractivity contribution in [1.82, 2.24) is 24.6 Å². The van der Waals surface area contributed by atoms with Crippen LogP contribution in [0.4, 0.5) is 0 Å². The van der Waals surface area contributed by atoms with Crippen molar-refractivity contribution in [3.05, 3.63) is 53.2 Å². The first kappa shape index (κ1) is 19.4. The summed E-state index contributed by atoms with van der Waals surface area (Å²) in [5, 5.41) is 16.0. The molecule has 2 aliphatic heterocycles. The molecule has 0 unspecified atom stereocenters. The van der Waals surface area contributed by atoms with Gasteiger partial charge in [-0.3, -0.25) is 15.3 Å². The van der Waals surface area contributed by atoms with Gasteiger partial charge in [-0.1, -0.05) is 11.6 Å². The first-order valence-electron chi connectivity index (χ1n) is 10.6. The molecule has 31 heavy (non-hydrogen) atoms. The highest BCUT2D eigenvalue weighted by Gasteiger charge is 2.25. The third-order valence-corrected chi connectivity index (χ3v) is 6.06. The van der Waals surface area contributed by atoms with Gasteiger partial charge in [0.2, 0.25) is 5.91 Å². The molecular weight excluding hydrogens is 390 g/mol. The van der Waals surface area contributed by atoms with Crippen molar-refractivity contribution in [1.29, 1.82) is 5.41 Å². The third-order valence-electron chi connectivity index (χ3n) is 6.06. The fraction of sp³-hybridized carbons (Fsp3) is 0.348. The molecule has 0 atom stereocenters. The number of hydrogen-bond acceptors (Lipinski definition) is 4. The summed E-state index contributed by atoms with van der Waals surface area (Å²) in [4.78, 5) is 22.8. The van der Waals surface area contributed by atoms with Gasteiger partial charge in [-0.2, -0.15) is 5.10 Å². The Bertz CT molecular complexity index is 1220. The summed E-state index contributed by atoms with van der Waals surface area (Å²) < 4.78 is 2.06. The SMILES string of the molecule is CC(CCN1CCCC1=O)=NC(=N)c1ncn2c1Cc1cn[nH]c1-c1cc(C)ccc1-2. The average molecular weight is 416 g/mol. The van der Waals surface area contributed by atoms with E-state index in [0.717, 1.165) is 46.9 Å². The first-order chi connectivity index (χ1) is 15.0. The van der Waals surface area contributed by atoms with Crippen LogP contribution >= 0.6 is 0 Å². The molecule has 0 bridgehead atoms. The second-order valence-electron chi connectivity index (χ2n) is 8.31. The quantitative estimate of drug-likeness (QED) is 0.395. The monoisotopic (exact) mass is 415 g/mol. The van der Waals surface area contributed by atoms with Gasteiger partial charge in [-0.05, 0) is 32.4 Å². The maximum absolute atomic E-state index is 11.8. The number of nitrogens with zero attached hydrogens (tertiary/aromatic N) is 5. The van der Waals surface area contributed by atoms with Gasteiger partial charge in [0.05, 0.1) is 23.3 Å². The summed E-state index contributed by atoms with van der Waals surface area (Å²) in [6.45, 7) is 5.47. The smallest absolute Gasteiger partial charge is 0.222 e. The minimum Gasteiger partial charge on any atom is -0.342 e. The molecule has 4 heterocycles. The topological polar surface area (TPSA) is 103 Å². The van der Waals surface area contributed by atoms with Crippen LogP contribution in [-0.2, 0) is 11.2 Å². The Balaban J connectivity index is 1.45. The van der Waals surface area contributed by atoms with Gasteiger partial charge in [-0.15, -0.1) is 0 Å². The van der Waals surface area contributed by atoms with Crippen molar-refractivity contribution >= 4 is 17.5 Å². The maximum Gasteiger partial charge on any atom is 0.222 e. The number of fused-ring (bicyclic) bond motifs is 5. The van der Waals surface area contributed by atoms with E-state index in [2.05, 4.69) is 49.9 Å². The molecule has 8 heteroatoms. The van der Waals surface area contributed by atoms with Gasteiger partial charge < -0.3 is 9.47 Å². The van der Waals surface area contributed by atoms with Crippen molar-refractivity contribution in [2.24, 2.45) is 4.99 Å². The Labute approximate surface area is 180 Å². The van der Waals surface area contributed by atoms with Gasteiger partial charge in [0.15, 0.2) is 5.84 Å². The number of benzene rings is 1. The van der Waals surface area contributed by atoms with E-state index in [1.54, 1.807) is 6.33 Å². The zero-order valence-corrected chi connectivity index (χ0v) is 17.8. The van der Waals surface area contributed by atoms with Crippen molar-refractivity contribution in [2.75, 3.05) is 13.1 Å². The summed E-state index contributed by atoms with van der Waals surface area (Å²) in [6, 6.07) is 6.31. The molecule has 1 aromatic carbocycles. The van der Waals surface area contributed by atoms with E-state index < -0.39 is 0 Å². The molecule has 5 rings (SSSR count). The summed E-state index contributed by atoms with van der Waals surface area (Å²) in [5.41, 5.74) is 7.70. The zero-order valence-electron chi connectivity index (χ0n) is 17.8. The van der Waals surface area contributed by atoms with Crippen molar-refractivity contribution in [3.63, 3.8) is 0 Å². The number of imidazole rings is 1. The summed E-state index contributed by atoms with van der Waals surface area (Å²) in [6.07, 6.45) is 6.48. The molecule has 2 aromatic heterocycles. The highest BCUT2D eigenvalue weighted by atomic mass is 16.2. The fourth-order valence-corrected chi connectivity index (χ4v) is 4.40. The van der Waals surface area contributed by atoms with Crippen LogP contribution in [0.3, 0.4) is 0 Å². The van der Waals surface area contributed by atoms with Crippen molar-refractivity contribution in [3.8, 4) is 16.9 Å². The van der Waals surface area contributed by atoms with E-state index in [-0.39, 0.29) is 11.7 Å². The van der Waals surface area contributed by atoms with Crippen molar-refractivity contribution < 1.29 is 4.79 Å². The molecular formula is C23H25N7O. The molecule has 1 saturated heterocycles. The number of carbonyl (C=O) groups excluding carboxylic acids is 1. The molecule has 8 nitrogen and oxygen atoms in total. The summed E-state index contributed by atoms with van der Waals surface area (Å²) in [5.74, 6) is 0.367. The number of carbonyl (C=O) groups is 1. The van der Waals surface area contributed by atoms with E-state index in [4.69, 9.17) is 5.41 Å². The number of amides is 1. The molecule has 0 aliphatic carbocycles. The third kappa shape index (κ3) is 3.48. The fourth-order valence-electron chi connectivity index (χ4n) is 4.40. The molecule has 0 saturated carbocycles. The lowest BCUT2D eigenvalue weighted by molar-refractivity contribution is -0.127. The normalized spacial score (nSPS) is 15.5. The van der Waals surface area contributed by atoms with Crippen LogP contribution in [0.5, 0.6) is 0 Å². The van der Waals surface area contributed by atoms with Gasteiger partial charge in [0, 0.05) is 49.2 Å². The minimum atomic E-state index is 0.152. The van der Waals surface area contributed by atoms with Crippen LogP contribution in [0.2, 0.25) is 0 Å². The second kappa shape index (κ2) is 7.61. The van der Waals surface area contributed by atoms with Gasteiger partial charge in [-0.25, -0.2) is 9.98 Å². The van der Waals surface area contributed by atoms with Crippen LogP contribution in [0.25, 0.3) is 16.9 Å². The Morgan fingerprint density at radius 3 is 3.03 bits per heavy atom. The largest absolute Gasteiger partial charge is 0.342 e. The first-order valence-corrected chi connectivity index (χ1v) is 10.6.